The van der Waals surface area contributed by atoms with E-state index in [1.807, 2.05) is 12.3 Å². The molecule has 0 saturated carbocycles. The predicted molar refractivity (Wildman–Crippen MR) is 109 cm³/mol. The van der Waals surface area contributed by atoms with Crippen molar-refractivity contribution in [3.8, 4) is 0 Å². The number of anilines is 2. The average Bonchev–Trinajstić information content (AvgIpc) is 2.78. The monoisotopic (exact) mass is 398 g/mol. The maximum absolute atomic E-state index is 12.6. The third kappa shape index (κ3) is 4.40. The lowest BCUT2D eigenvalue weighted by Crippen LogP contribution is -2.42. The number of carbonyl (C=O) groups is 1. The van der Waals surface area contributed by atoms with Crippen molar-refractivity contribution in [2.24, 2.45) is 7.05 Å². The number of rotatable bonds is 3. The molecule has 4 rings (SSSR count). The Morgan fingerprint density at radius 1 is 1.17 bits per heavy atom. The molecule has 2 aliphatic rings. The molecule has 0 radical (unpaired) electrons. The van der Waals surface area contributed by atoms with E-state index in [0.717, 1.165) is 50.8 Å². The molecular formula is C20H26N6O3. The van der Waals surface area contributed by atoms with Crippen molar-refractivity contribution >= 4 is 17.5 Å². The van der Waals surface area contributed by atoms with E-state index < -0.39 is 0 Å². The quantitative estimate of drug-likeness (QED) is 0.841. The van der Waals surface area contributed by atoms with Crippen LogP contribution in [0.1, 0.15) is 24.6 Å². The van der Waals surface area contributed by atoms with Crippen molar-refractivity contribution in [3.05, 3.63) is 46.8 Å². The Balaban J connectivity index is 1.36. The first-order valence-corrected chi connectivity index (χ1v) is 9.99. The van der Waals surface area contributed by atoms with Crippen molar-refractivity contribution in [3.63, 3.8) is 0 Å². The highest BCUT2D eigenvalue weighted by molar-refractivity contribution is 5.89. The number of amides is 2. The minimum Gasteiger partial charge on any atom is -0.378 e. The minimum absolute atomic E-state index is 0.218. The lowest BCUT2D eigenvalue weighted by molar-refractivity contribution is 0.122. The van der Waals surface area contributed by atoms with Crippen molar-refractivity contribution in [2.75, 3.05) is 49.6 Å². The van der Waals surface area contributed by atoms with Gasteiger partial charge < -0.3 is 24.4 Å². The van der Waals surface area contributed by atoms with Crippen LogP contribution in [0, 0.1) is 0 Å². The molecule has 0 atom stereocenters. The Hall–Kier alpha value is -2.94. The molecule has 0 aliphatic carbocycles. The zero-order valence-corrected chi connectivity index (χ0v) is 16.6. The van der Waals surface area contributed by atoms with E-state index in [1.165, 1.54) is 4.57 Å². The molecule has 9 nitrogen and oxygen atoms in total. The number of nitrogens with zero attached hydrogens (tertiary/aromatic N) is 5. The number of ether oxygens (including phenoxy) is 1. The van der Waals surface area contributed by atoms with Gasteiger partial charge in [-0.15, -0.1) is 0 Å². The molecule has 154 valence electrons. The van der Waals surface area contributed by atoms with Crippen LogP contribution < -0.4 is 15.8 Å². The maximum Gasteiger partial charge on any atom is 0.321 e. The number of hydrogen-bond donors (Lipinski definition) is 1. The zero-order valence-electron chi connectivity index (χ0n) is 16.6. The number of pyridine rings is 1. The van der Waals surface area contributed by atoms with Gasteiger partial charge >= 0.3 is 6.03 Å². The fourth-order valence-corrected chi connectivity index (χ4v) is 3.76. The van der Waals surface area contributed by atoms with Crippen molar-refractivity contribution in [1.82, 2.24) is 19.4 Å². The molecule has 1 N–H and O–H groups in total. The van der Waals surface area contributed by atoms with Crippen LogP contribution in [-0.4, -0.2) is 64.9 Å². The van der Waals surface area contributed by atoms with E-state index in [-0.39, 0.29) is 17.5 Å². The number of likely N-dealkylation sites (tertiary alicyclic amines) is 1. The van der Waals surface area contributed by atoms with Crippen molar-refractivity contribution in [1.29, 1.82) is 0 Å². The average molecular weight is 398 g/mol. The van der Waals surface area contributed by atoms with Crippen LogP contribution in [0.15, 0.2) is 35.4 Å². The molecule has 0 unspecified atom stereocenters. The lowest BCUT2D eigenvalue weighted by Gasteiger charge is -2.32. The molecule has 2 saturated heterocycles. The van der Waals surface area contributed by atoms with Gasteiger partial charge in [0.15, 0.2) is 0 Å². The van der Waals surface area contributed by atoms with Crippen LogP contribution in [0.3, 0.4) is 0 Å². The van der Waals surface area contributed by atoms with Crippen LogP contribution in [0.2, 0.25) is 0 Å². The number of nitrogens with one attached hydrogen (secondary N) is 1. The van der Waals surface area contributed by atoms with Gasteiger partial charge in [-0.1, -0.05) is 0 Å². The largest absolute Gasteiger partial charge is 0.378 e. The molecule has 0 aromatic carbocycles. The summed E-state index contributed by atoms with van der Waals surface area (Å²) in [5, 5.41) is 2.73. The highest BCUT2D eigenvalue weighted by Gasteiger charge is 2.26. The van der Waals surface area contributed by atoms with E-state index in [1.54, 1.807) is 30.3 Å². The summed E-state index contributed by atoms with van der Waals surface area (Å²) in [4.78, 5) is 37.9. The van der Waals surface area contributed by atoms with Crippen LogP contribution in [0.5, 0.6) is 0 Å². The molecule has 9 heteroatoms. The highest BCUT2D eigenvalue weighted by Crippen LogP contribution is 2.27. The first-order valence-electron chi connectivity index (χ1n) is 9.99. The highest BCUT2D eigenvalue weighted by atomic mass is 16.5. The number of aryl methyl sites for hydroxylation is 1. The summed E-state index contributed by atoms with van der Waals surface area (Å²) in [6, 6.07) is 5.06. The van der Waals surface area contributed by atoms with E-state index in [0.29, 0.717) is 18.8 Å². The van der Waals surface area contributed by atoms with Gasteiger partial charge in [0.1, 0.15) is 17.3 Å². The second-order valence-corrected chi connectivity index (χ2v) is 7.40. The topological polar surface area (TPSA) is 92.6 Å². The van der Waals surface area contributed by atoms with Gasteiger partial charge in [-0.2, -0.15) is 0 Å². The van der Waals surface area contributed by atoms with Gasteiger partial charge in [-0.05, 0) is 31.0 Å². The van der Waals surface area contributed by atoms with Crippen LogP contribution in [0.4, 0.5) is 16.3 Å². The van der Waals surface area contributed by atoms with E-state index in [2.05, 4.69) is 15.2 Å². The van der Waals surface area contributed by atoms with Crippen molar-refractivity contribution < 1.29 is 9.53 Å². The van der Waals surface area contributed by atoms with E-state index in [9.17, 15) is 9.59 Å². The third-order valence-corrected chi connectivity index (χ3v) is 5.51. The summed E-state index contributed by atoms with van der Waals surface area (Å²) < 4.78 is 6.85. The Labute approximate surface area is 169 Å². The smallest absolute Gasteiger partial charge is 0.321 e. The molecule has 29 heavy (non-hydrogen) atoms. The van der Waals surface area contributed by atoms with Gasteiger partial charge in [0, 0.05) is 51.5 Å². The number of piperidine rings is 1. The molecule has 4 heterocycles. The maximum atomic E-state index is 12.6. The van der Waals surface area contributed by atoms with Crippen LogP contribution >= 0.6 is 0 Å². The van der Waals surface area contributed by atoms with Gasteiger partial charge in [-0.25, -0.2) is 14.8 Å². The summed E-state index contributed by atoms with van der Waals surface area (Å²) in [6.45, 7) is 4.33. The van der Waals surface area contributed by atoms with Crippen LogP contribution in [0.25, 0.3) is 0 Å². The molecule has 2 aliphatic heterocycles. The molecule has 0 spiro atoms. The summed E-state index contributed by atoms with van der Waals surface area (Å²) in [6.07, 6.45) is 5.07. The summed E-state index contributed by atoms with van der Waals surface area (Å²) in [5.74, 6) is 2.01. The summed E-state index contributed by atoms with van der Waals surface area (Å²) in [7, 11) is 1.66. The molecule has 2 aromatic heterocycles. The summed E-state index contributed by atoms with van der Waals surface area (Å²) in [5.41, 5.74) is 0.0766. The Morgan fingerprint density at radius 2 is 1.93 bits per heavy atom. The number of morpholine rings is 1. The van der Waals surface area contributed by atoms with Crippen LogP contribution in [-0.2, 0) is 11.8 Å². The Kier molecular flexibility index (Phi) is 5.75. The number of carbonyl (C=O) groups excluding carboxylic acids is 1. The second kappa shape index (κ2) is 8.60. The number of urea groups is 1. The van der Waals surface area contributed by atoms with E-state index in [4.69, 9.17) is 9.72 Å². The van der Waals surface area contributed by atoms with E-state index >= 15 is 0 Å². The molecule has 0 bridgehead atoms. The van der Waals surface area contributed by atoms with Gasteiger partial charge in [0.2, 0.25) is 0 Å². The number of aromatic nitrogens is 3. The normalized spacial score (nSPS) is 18.0. The Morgan fingerprint density at radius 3 is 2.69 bits per heavy atom. The standard InChI is InChI=1S/C20H26N6O3/c1-24-8-2-3-16(19(24)27)22-20(28)26-9-5-15(6-10-26)18-21-7-4-17(23-18)25-11-13-29-14-12-25/h2-4,7-8,15H,5-6,9-14H2,1H3,(H,22,28). The molecule has 2 fully saturated rings. The Bertz CT molecular complexity index is 916. The lowest BCUT2D eigenvalue weighted by atomic mass is 9.96. The molecular weight excluding hydrogens is 372 g/mol. The van der Waals surface area contributed by atoms with Gasteiger partial charge in [-0.3, -0.25) is 4.79 Å². The zero-order chi connectivity index (χ0) is 20.2. The van der Waals surface area contributed by atoms with Crippen molar-refractivity contribution in [2.45, 2.75) is 18.8 Å². The molecule has 2 amide bonds. The SMILES string of the molecule is Cn1cccc(NC(=O)N2CCC(c3nccc(N4CCOCC4)n3)CC2)c1=O. The summed E-state index contributed by atoms with van der Waals surface area (Å²) >= 11 is 0. The second-order valence-electron chi connectivity index (χ2n) is 7.40. The molecule has 2 aromatic rings. The predicted octanol–water partition coefficient (Wildman–Crippen LogP) is 1.42. The first kappa shape index (κ1) is 19.4. The first-order chi connectivity index (χ1) is 14.1. The van der Waals surface area contributed by atoms with Gasteiger partial charge in [0.25, 0.3) is 5.56 Å². The van der Waals surface area contributed by atoms with Gasteiger partial charge in [0.05, 0.1) is 13.2 Å². The fourth-order valence-electron chi connectivity index (χ4n) is 3.76. The minimum atomic E-state index is -0.241. The third-order valence-electron chi connectivity index (χ3n) is 5.51. The number of hydrogen-bond acceptors (Lipinski definition) is 6. The fraction of sp³-hybridized carbons (Fsp3) is 0.500.